The average molecular weight is 358 g/mol. The van der Waals surface area contributed by atoms with E-state index < -0.39 is 11.9 Å². The van der Waals surface area contributed by atoms with E-state index in [9.17, 15) is 9.18 Å². The van der Waals surface area contributed by atoms with Crippen molar-refractivity contribution in [2.24, 2.45) is 0 Å². The lowest BCUT2D eigenvalue weighted by Crippen LogP contribution is -2.18. The number of nitrogens with zero attached hydrogens (tertiary/aromatic N) is 1. The molecule has 0 spiro atoms. The van der Waals surface area contributed by atoms with E-state index in [4.69, 9.17) is 33.7 Å². The van der Waals surface area contributed by atoms with Crippen molar-refractivity contribution in [3.05, 3.63) is 51.4 Å². The molecule has 1 aromatic carbocycles. The maximum Gasteiger partial charge on any atom is 0.252 e. The monoisotopic (exact) mass is 357 g/mol. The third-order valence-electron chi connectivity index (χ3n) is 3.16. The van der Waals surface area contributed by atoms with Crippen LogP contribution in [-0.2, 0) is 0 Å². The van der Waals surface area contributed by atoms with Crippen molar-refractivity contribution in [3.8, 4) is 5.75 Å². The van der Waals surface area contributed by atoms with Gasteiger partial charge in [-0.3, -0.25) is 4.79 Å². The molecule has 0 radical (unpaired) electrons. The molecule has 0 aliphatic carbocycles. The van der Waals surface area contributed by atoms with Gasteiger partial charge in [0.05, 0.1) is 10.6 Å². The first kappa shape index (κ1) is 17.3. The van der Waals surface area contributed by atoms with Gasteiger partial charge < -0.3 is 15.8 Å². The Bertz CT molecular complexity index is 756. The van der Waals surface area contributed by atoms with Gasteiger partial charge in [0.1, 0.15) is 11.9 Å². The van der Waals surface area contributed by atoms with Gasteiger partial charge in [-0.1, -0.05) is 23.2 Å². The van der Waals surface area contributed by atoms with Crippen LogP contribution in [0.3, 0.4) is 0 Å². The SMILES string of the molecule is CNC(=O)c1cnc(N)c(OC(C)c2c(Cl)ccc(F)c2Cl)c1. The molecule has 2 aromatic rings. The molecule has 0 saturated carbocycles. The molecule has 0 bridgehead atoms. The molecule has 0 saturated heterocycles. The molecule has 0 aliphatic rings. The largest absolute Gasteiger partial charge is 0.482 e. The second-order valence-electron chi connectivity index (χ2n) is 4.70. The summed E-state index contributed by atoms with van der Waals surface area (Å²) in [6.07, 6.45) is 0.628. The van der Waals surface area contributed by atoms with E-state index in [1.807, 2.05) is 0 Å². The smallest absolute Gasteiger partial charge is 0.252 e. The Kier molecular flexibility index (Phi) is 5.28. The Morgan fingerprint density at radius 3 is 2.78 bits per heavy atom. The molecular formula is C15H14Cl2FN3O2. The minimum Gasteiger partial charge on any atom is -0.482 e. The van der Waals surface area contributed by atoms with E-state index in [1.54, 1.807) is 6.92 Å². The van der Waals surface area contributed by atoms with Crippen molar-refractivity contribution in [2.75, 3.05) is 12.8 Å². The number of hydrogen-bond donors (Lipinski definition) is 2. The number of carbonyl (C=O) groups is 1. The molecule has 1 atom stereocenters. The first-order valence-corrected chi connectivity index (χ1v) is 7.38. The quantitative estimate of drug-likeness (QED) is 0.819. The Morgan fingerprint density at radius 1 is 1.43 bits per heavy atom. The van der Waals surface area contributed by atoms with Crippen molar-refractivity contribution in [2.45, 2.75) is 13.0 Å². The van der Waals surface area contributed by atoms with Crippen LogP contribution in [0, 0.1) is 5.82 Å². The number of anilines is 1. The summed E-state index contributed by atoms with van der Waals surface area (Å²) in [5.74, 6) is -0.674. The van der Waals surface area contributed by atoms with Crippen LogP contribution < -0.4 is 15.8 Å². The summed E-state index contributed by atoms with van der Waals surface area (Å²) in [5.41, 5.74) is 6.32. The van der Waals surface area contributed by atoms with E-state index in [1.165, 1.54) is 31.4 Å². The molecule has 0 fully saturated rings. The first-order valence-electron chi connectivity index (χ1n) is 6.62. The number of rotatable bonds is 4. The van der Waals surface area contributed by atoms with Crippen molar-refractivity contribution in [3.63, 3.8) is 0 Å². The molecule has 122 valence electrons. The fourth-order valence-electron chi connectivity index (χ4n) is 1.98. The van der Waals surface area contributed by atoms with Crippen LogP contribution in [0.5, 0.6) is 5.75 Å². The summed E-state index contributed by atoms with van der Waals surface area (Å²) in [4.78, 5) is 15.6. The minimum atomic E-state index is -0.699. The van der Waals surface area contributed by atoms with Gasteiger partial charge >= 0.3 is 0 Å². The number of ether oxygens (including phenoxy) is 1. The zero-order valence-electron chi connectivity index (χ0n) is 12.4. The third-order valence-corrected chi connectivity index (χ3v) is 3.87. The molecule has 1 heterocycles. The van der Waals surface area contributed by atoms with Crippen molar-refractivity contribution in [1.82, 2.24) is 10.3 Å². The van der Waals surface area contributed by atoms with Gasteiger partial charge in [-0.05, 0) is 25.1 Å². The van der Waals surface area contributed by atoms with Crippen molar-refractivity contribution >= 4 is 34.9 Å². The van der Waals surface area contributed by atoms with E-state index in [0.29, 0.717) is 0 Å². The van der Waals surface area contributed by atoms with E-state index in [-0.39, 0.29) is 38.6 Å². The number of halogens is 3. The zero-order chi connectivity index (χ0) is 17.1. The van der Waals surface area contributed by atoms with Gasteiger partial charge in [0, 0.05) is 23.8 Å². The standard InChI is InChI=1S/C15H14Cl2FN3O2/c1-7(12-9(16)3-4-10(18)13(12)17)23-11-5-8(15(22)20-2)6-21-14(11)19/h3-7H,1-2H3,(H2,19,21)(H,20,22). The summed E-state index contributed by atoms with van der Waals surface area (Å²) in [6.45, 7) is 1.64. The molecule has 5 nitrogen and oxygen atoms in total. The Morgan fingerprint density at radius 2 is 2.13 bits per heavy atom. The normalized spacial score (nSPS) is 11.9. The Hall–Kier alpha value is -2.05. The lowest BCUT2D eigenvalue weighted by atomic mass is 10.1. The Balaban J connectivity index is 2.36. The van der Waals surface area contributed by atoms with E-state index >= 15 is 0 Å². The molecular weight excluding hydrogens is 344 g/mol. The molecule has 1 amide bonds. The number of hydrogen-bond acceptors (Lipinski definition) is 4. The molecule has 2 rings (SSSR count). The third kappa shape index (κ3) is 3.65. The number of nitrogen functional groups attached to an aromatic ring is 1. The molecule has 1 aromatic heterocycles. The predicted octanol–water partition coefficient (Wildman–Crippen LogP) is 3.61. The van der Waals surface area contributed by atoms with Gasteiger partial charge in [0.2, 0.25) is 0 Å². The second kappa shape index (κ2) is 7.02. The highest BCUT2D eigenvalue weighted by molar-refractivity contribution is 6.36. The lowest BCUT2D eigenvalue weighted by molar-refractivity contribution is 0.0962. The van der Waals surface area contributed by atoms with E-state index in [2.05, 4.69) is 10.3 Å². The van der Waals surface area contributed by atoms with Gasteiger partial charge in [-0.2, -0.15) is 0 Å². The molecule has 0 aliphatic heterocycles. The number of amides is 1. The summed E-state index contributed by atoms with van der Waals surface area (Å²) in [6, 6.07) is 4.00. The molecule has 8 heteroatoms. The summed E-state index contributed by atoms with van der Waals surface area (Å²) < 4.78 is 19.3. The topological polar surface area (TPSA) is 77.2 Å². The highest BCUT2D eigenvalue weighted by Gasteiger charge is 2.20. The molecule has 1 unspecified atom stereocenters. The summed E-state index contributed by atoms with van der Waals surface area (Å²) in [5, 5.41) is 2.61. The average Bonchev–Trinajstić information content (AvgIpc) is 2.52. The highest BCUT2D eigenvalue weighted by Crippen LogP contribution is 2.35. The second-order valence-corrected chi connectivity index (χ2v) is 5.49. The number of benzene rings is 1. The van der Waals surface area contributed by atoms with Crippen LogP contribution >= 0.6 is 23.2 Å². The fourth-order valence-corrected chi connectivity index (χ4v) is 2.66. The van der Waals surface area contributed by atoms with Crippen molar-refractivity contribution < 1.29 is 13.9 Å². The lowest BCUT2D eigenvalue weighted by Gasteiger charge is -2.19. The van der Waals surface area contributed by atoms with Gasteiger partial charge in [0.15, 0.2) is 11.6 Å². The van der Waals surface area contributed by atoms with Gasteiger partial charge in [0.25, 0.3) is 5.91 Å². The highest BCUT2D eigenvalue weighted by atomic mass is 35.5. The number of nitrogens with two attached hydrogens (primary N) is 1. The van der Waals surface area contributed by atoms with Crippen LogP contribution in [0.25, 0.3) is 0 Å². The summed E-state index contributed by atoms with van der Waals surface area (Å²) >= 11 is 12.0. The van der Waals surface area contributed by atoms with Crippen LogP contribution in [0.4, 0.5) is 10.2 Å². The first-order chi connectivity index (χ1) is 10.8. The summed E-state index contributed by atoms with van der Waals surface area (Å²) in [7, 11) is 1.49. The van der Waals surface area contributed by atoms with Crippen LogP contribution in [0.2, 0.25) is 10.0 Å². The van der Waals surface area contributed by atoms with Crippen LogP contribution in [0.15, 0.2) is 24.4 Å². The Labute approximate surface area is 142 Å². The number of pyridine rings is 1. The molecule has 3 N–H and O–H groups in total. The van der Waals surface area contributed by atoms with Gasteiger partial charge in [-0.15, -0.1) is 0 Å². The van der Waals surface area contributed by atoms with Crippen molar-refractivity contribution in [1.29, 1.82) is 0 Å². The van der Waals surface area contributed by atoms with Crippen LogP contribution in [-0.4, -0.2) is 17.9 Å². The number of nitrogens with one attached hydrogen (secondary N) is 1. The number of aromatic nitrogens is 1. The zero-order valence-corrected chi connectivity index (χ0v) is 13.9. The van der Waals surface area contributed by atoms with Crippen LogP contribution in [0.1, 0.15) is 28.9 Å². The maximum atomic E-state index is 13.6. The number of carbonyl (C=O) groups excluding carboxylic acids is 1. The fraction of sp³-hybridized carbons (Fsp3) is 0.200. The predicted molar refractivity (Wildman–Crippen MR) is 87.5 cm³/mol. The van der Waals surface area contributed by atoms with Gasteiger partial charge in [-0.25, -0.2) is 9.37 Å². The molecule has 23 heavy (non-hydrogen) atoms. The maximum absolute atomic E-state index is 13.6. The minimum absolute atomic E-state index is 0.0909. The van der Waals surface area contributed by atoms with E-state index in [0.717, 1.165) is 0 Å².